The van der Waals surface area contributed by atoms with Gasteiger partial charge in [0.25, 0.3) is 0 Å². The highest BCUT2D eigenvalue weighted by atomic mass is 16.1. The van der Waals surface area contributed by atoms with Crippen molar-refractivity contribution >= 4 is 5.78 Å². The number of ketones is 1. The molecular formula is C11H16O. The zero-order chi connectivity index (χ0) is 9.14. The zero-order valence-electron chi connectivity index (χ0n) is 8.11. The van der Waals surface area contributed by atoms with Crippen LogP contribution in [0.2, 0.25) is 0 Å². The zero-order valence-corrected chi connectivity index (χ0v) is 8.11. The van der Waals surface area contributed by atoms with Gasteiger partial charge in [0, 0.05) is 0 Å². The van der Waals surface area contributed by atoms with Crippen LogP contribution in [0.1, 0.15) is 40.0 Å². The molecule has 0 atom stereocenters. The molecule has 0 spiro atoms. The fourth-order valence-corrected chi connectivity index (χ4v) is 1.42. The van der Waals surface area contributed by atoms with Gasteiger partial charge < -0.3 is 0 Å². The van der Waals surface area contributed by atoms with Crippen LogP contribution in [0.4, 0.5) is 0 Å². The Balaban J connectivity index is 2.73. The van der Waals surface area contributed by atoms with E-state index in [2.05, 4.69) is 13.0 Å². The molecule has 0 unspecified atom stereocenters. The van der Waals surface area contributed by atoms with E-state index < -0.39 is 0 Å². The highest BCUT2D eigenvalue weighted by molar-refractivity contribution is 6.11. The third kappa shape index (κ3) is 1.66. The van der Waals surface area contributed by atoms with Gasteiger partial charge in [0.05, 0.1) is 0 Å². The summed E-state index contributed by atoms with van der Waals surface area (Å²) in [5.74, 6) is 0.265. The van der Waals surface area contributed by atoms with Crippen molar-refractivity contribution in [2.45, 2.75) is 40.0 Å². The summed E-state index contributed by atoms with van der Waals surface area (Å²) in [4.78, 5) is 11.5. The largest absolute Gasteiger partial charge is 0.289 e. The Bertz CT molecular complexity index is 256. The summed E-state index contributed by atoms with van der Waals surface area (Å²) in [6, 6.07) is 0. The van der Waals surface area contributed by atoms with Crippen molar-refractivity contribution < 1.29 is 4.79 Å². The van der Waals surface area contributed by atoms with E-state index in [-0.39, 0.29) is 5.78 Å². The second kappa shape index (κ2) is 3.70. The molecule has 0 aromatic rings. The van der Waals surface area contributed by atoms with Crippen LogP contribution < -0.4 is 0 Å². The number of allylic oxidation sites excluding steroid dienone is 4. The Kier molecular flexibility index (Phi) is 2.85. The molecule has 0 N–H and O–H groups in total. The lowest BCUT2D eigenvalue weighted by molar-refractivity contribution is -0.111. The second-order valence-electron chi connectivity index (χ2n) is 3.43. The first-order valence-corrected chi connectivity index (χ1v) is 4.57. The van der Waals surface area contributed by atoms with Crippen LogP contribution in [0.25, 0.3) is 0 Å². The molecule has 66 valence electrons. The van der Waals surface area contributed by atoms with Gasteiger partial charge in [-0.3, -0.25) is 4.79 Å². The topological polar surface area (TPSA) is 17.1 Å². The Morgan fingerprint density at radius 3 is 2.50 bits per heavy atom. The highest BCUT2D eigenvalue weighted by Gasteiger charge is 2.20. The van der Waals surface area contributed by atoms with Gasteiger partial charge in [0.1, 0.15) is 0 Å². The number of unbranched alkanes of at least 4 members (excludes halogenated alkanes) is 1. The molecule has 0 amide bonds. The Morgan fingerprint density at radius 1 is 1.42 bits per heavy atom. The molecule has 1 nitrogen and oxygen atoms in total. The smallest absolute Gasteiger partial charge is 0.184 e. The molecule has 1 heteroatoms. The number of rotatable bonds is 2. The van der Waals surface area contributed by atoms with Gasteiger partial charge in [-0.2, -0.15) is 0 Å². The quantitative estimate of drug-likeness (QED) is 0.573. The molecule has 0 radical (unpaired) electrons. The van der Waals surface area contributed by atoms with E-state index in [0.717, 1.165) is 30.4 Å². The second-order valence-corrected chi connectivity index (χ2v) is 3.43. The van der Waals surface area contributed by atoms with Crippen molar-refractivity contribution in [1.29, 1.82) is 0 Å². The lowest BCUT2D eigenvalue weighted by Crippen LogP contribution is -1.95. The van der Waals surface area contributed by atoms with Gasteiger partial charge in [0.2, 0.25) is 0 Å². The molecule has 1 aliphatic rings. The molecule has 1 rings (SSSR count). The first-order valence-electron chi connectivity index (χ1n) is 4.57. The van der Waals surface area contributed by atoms with Crippen molar-refractivity contribution in [2.75, 3.05) is 0 Å². The van der Waals surface area contributed by atoms with E-state index in [4.69, 9.17) is 0 Å². The first-order chi connectivity index (χ1) is 5.66. The summed E-state index contributed by atoms with van der Waals surface area (Å²) in [5, 5.41) is 0. The fourth-order valence-electron chi connectivity index (χ4n) is 1.42. The van der Waals surface area contributed by atoms with Crippen LogP contribution >= 0.6 is 0 Å². The lowest BCUT2D eigenvalue weighted by atomic mass is 10.1. The molecule has 0 fully saturated rings. The van der Waals surface area contributed by atoms with E-state index >= 15 is 0 Å². The van der Waals surface area contributed by atoms with E-state index in [1.54, 1.807) is 0 Å². The van der Waals surface area contributed by atoms with Gasteiger partial charge in [-0.15, -0.1) is 0 Å². The third-order valence-corrected chi connectivity index (χ3v) is 2.41. The minimum Gasteiger partial charge on any atom is -0.289 e. The van der Waals surface area contributed by atoms with Gasteiger partial charge in [-0.25, -0.2) is 0 Å². The molecule has 0 aromatic carbocycles. The molecule has 12 heavy (non-hydrogen) atoms. The van der Waals surface area contributed by atoms with Crippen LogP contribution in [-0.4, -0.2) is 5.78 Å². The minimum atomic E-state index is 0.265. The maximum absolute atomic E-state index is 11.5. The summed E-state index contributed by atoms with van der Waals surface area (Å²) in [5.41, 5.74) is 3.20. The number of hydrogen-bond acceptors (Lipinski definition) is 1. The Hall–Kier alpha value is -0.850. The summed E-state index contributed by atoms with van der Waals surface area (Å²) < 4.78 is 0. The maximum atomic E-state index is 11.5. The fraction of sp³-hybridized carbons (Fsp3) is 0.545. The summed E-state index contributed by atoms with van der Waals surface area (Å²) in [7, 11) is 0. The molecule has 1 aliphatic carbocycles. The molecule has 0 aliphatic heterocycles. The van der Waals surface area contributed by atoms with Crippen molar-refractivity contribution in [3.8, 4) is 0 Å². The Morgan fingerprint density at radius 2 is 2.08 bits per heavy atom. The summed E-state index contributed by atoms with van der Waals surface area (Å²) in [6.45, 7) is 6.09. The van der Waals surface area contributed by atoms with Crippen molar-refractivity contribution in [3.63, 3.8) is 0 Å². The first kappa shape index (κ1) is 9.24. The van der Waals surface area contributed by atoms with Gasteiger partial charge in [0.15, 0.2) is 5.78 Å². The van der Waals surface area contributed by atoms with Gasteiger partial charge in [-0.05, 0) is 37.8 Å². The van der Waals surface area contributed by atoms with E-state index in [9.17, 15) is 4.79 Å². The minimum absolute atomic E-state index is 0.265. The SMILES string of the molecule is CCC/C=C1\CC(C)=C(C)C1=O. The number of hydrogen-bond donors (Lipinski definition) is 0. The number of Topliss-reactive ketones (excluding diaryl/α,β-unsaturated/α-hetero) is 1. The van der Waals surface area contributed by atoms with Gasteiger partial charge in [-0.1, -0.05) is 25.0 Å². The molecule has 0 saturated heterocycles. The van der Waals surface area contributed by atoms with Crippen LogP contribution in [0.15, 0.2) is 22.8 Å². The summed E-state index contributed by atoms with van der Waals surface area (Å²) >= 11 is 0. The average Bonchev–Trinajstić information content (AvgIpc) is 2.30. The maximum Gasteiger partial charge on any atom is 0.184 e. The number of carbonyl (C=O) groups excluding carboxylic acids is 1. The van der Waals surface area contributed by atoms with Crippen molar-refractivity contribution in [2.24, 2.45) is 0 Å². The van der Waals surface area contributed by atoms with Crippen molar-refractivity contribution in [1.82, 2.24) is 0 Å². The van der Waals surface area contributed by atoms with E-state index in [0.29, 0.717) is 0 Å². The molecule has 0 heterocycles. The monoisotopic (exact) mass is 164 g/mol. The normalized spacial score (nSPS) is 21.2. The molecule has 0 bridgehead atoms. The molecular weight excluding hydrogens is 148 g/mol. The lowest BCUT2D eigenvalue weighted by Gasteiger charge is -1.94. The predicted molar refractivity (Wildman–Crippen MR) is 51.0 cm³/mol. The highest BCUT2D eigenvalue weighted by Crippen LogP contribution is 2.27. The van der Waals surface area contributed by atoms with E-state index in [1.165, 1.54) is 5.57 Å². The third-order valence-electron chi connectivity index (χ3n) is 2.41. The van der Waals surface area contributed by atoms with Gasteiger partial charge >= 0.3 is 0 Å². The Labute approximate surface area is 74.2 Å². The molecule has 0 saturated carbocycles. The standard InChI is InChI=1S/C11H16O/c1-4-5-6-10-7-8(2)9(3)11(10)12/h6H,4-5,7H2,1-3H3/b10-6+. The van der Waals surface area contributed by atoms with Crippen LogP contribution in [0, 0.1) is 0 Å². The van der Waals surface area contributed by atoms with Crippen molar-refractivity contribution in [3.05, 3.63) is 22.8 Å². The van der Waals surface area contributed by atoms with Crippen LogP contribution in [0.5, 0.6) is 0 Å². The summed E-state index contributed by atoms with van der Waals surface area (Å²) in [6.07, 6.45) is 5.11. The van der Waals surface area contributed by atoms with E-state index in [1.807, 2.05) is 13.8 Å². The average molecular weight is 164 g/mol. The predicted octanol–water partition coefficient (Wildman–Crippen LogP) is 3.02. The molecule has 0 aromatic heterocycles. The van der Waals surface area contributed by atoms with Crippen LogP contribution in [0.3, 0.4) is 0 Å². The van der Waals surface area contributed by atoms with Crippen LogP contribution in [-0.2, 0) is 4.79 Å². The number of carbonyl (C=O) groups is 1.